The molecule has 1 heteroatoms. The second-order valence-corrected chi connectivity index (χ2v) is 3.98. The smallest absolute Gasteiger partial charge is 0.0446 e. The molecule has 0 heterocycles. The van der Waals surface area contributed by atoms with Crippen molar-refractivity contribution in [3.05, 3.63) is 71.8 Å². The summed E-state index contributed by atoms with van der Waals surface area (Å²) in [5.74, 6) is 0. The topological polar surface area (TPSA) is 12.0 Å². The van der Waals surface area contributed by atoms with Crippen LogP contribution in [0.1, 0.15) is 18.1 Å². The maximum absolute atomic E-state index is 3.30. The summed E-state index contributed by atoms with van der Waals surface area (Å²) in [5, 5.41) is 3.30. The van der Waals surface area contributed by atoms with Crippen molar-refractivity contribution in [3.63, 3.8) is 0 Å². The highest BCUT2D eigenvalue weighted by Gasteiger charge is 2.04. The Labute approximate surface area is 103 Å². The summed E-state index contributed by atoms with van der Waals surface area (Å²) in [6.07, 6.45) is 0. The second kappa shape index (κ2) is 5.35. The molecule has 0 amide bonds. The van der Waals surface area contributed by atoms with Gasteiger partial charge in [0.15, 0.2) is 0 Å². The largest absolute Gasteiger partial charge is 0.387 e. The molecule has 17 heavy (non-hydrogen) atoms. The van der Waals surface area contributed by atoms with E-state index in [1.165, 1.54) is 22.4 Å². The molecule has 0 unspecified atom stereocenters. The van der Waals surface area contributed by atoms with Crippen LogP contribution in [0.3, 0.4) is 0 Å². The van der Waals surface area contributed by atoms with Crippen molar-refractivity contribution in [2.45, 2.75) is 6.92 Å². The van der Waals surface area contributed by atoms with Crippen LogP contribution in [-0.4, -0.2) is 7.05 Å². The van der Waals surface area contributed by atoms with Crippen LogP contribution in [0.5, 0.6) is 0 Å². The molecule has 86 valence electrons. The minimum absolute atomic E-state index is 1.18. The summed E-state index contributed by atoms with van der Waals surface area (Å²) in [6, 6.07) is 20.8. The monoisotopic (exact) mass is 223 g/mol. The third-order valence-electron chi connectivity index (χ3n) is 2.89. The molecule has 0 aliphatic heterocycles. The van der Waals surface area contributed by atoms with Gasteiger partial charge in [0.2, 0.25) is 0 Å². The third-order valence-corrected chi connectivity index (χ3v) is 2.89. The summed E-state index contributed by atoms with van der Waals surface area (Å²) >= 11 is 0. The lowest BCUT2D eigenvalue weighted by atomic mass is 10.0. The van der Waals surface area contributed by atoms with Gasteiger partial charge in [-0.2, -0.15) is 0 Å². The molecule has 0 bridgehead atoms. The lowest BCUT2D eigenvalue weighted by molar-refractivity contribution is 1.13. The van der Waals surface area contributed by atoms with Gasteiger partial charge in [-0.15, -0.1) is 0 Å². The number of rotatable bonds is 3. The third kappa shape index (κ3) is 2.56. The average molecular weight is 223 g/mol. The molecule has 2 rings (SSSR count). The zero-order valence-corrected chi connectivity index (χ0v) is 10.3. The van der Waals surface area contributed by atoms with E-state index >= 15 is 0 Å². The fourth-order valence-electron chi connectivity index (χ4n) is 1.99. The van der Waals surface area contributed by atoms with Crippen LogP contribution in [0.25, 0.3) is 11.3 Å². The predicted molar refractivity (Wildman–Crippen MR) is 74.4 cm³/mol. The molecule has 0 spiro atoms. The van der Waals surface area contributed by atoms with Crippen LogP contribution < -0.4 is 5.32 Å². The predicted octanol–water partition coefficient (Wildman–Crippen LogP) is 3.79. The number of benzene rings is 2. The Balaban J connectivity index is 2.48. The first kappa shape index (κ1) is 11.5. The van der Waals surface area contributed by atoms with E-state index in [0.29, 0.717) is 0 Å². The number of hydrogen-bond donors (Lipinski definition) is 1. The molecule has 0 aliphatic rings. The molecule has 0 aromatic heterocycles. The van der Waals surface area contributed by atoms with E-state index in [-0.39, 0.29) is 0 Å². The molecular formula is C16H17N. The van der Waals surface area contributed by atoms with Crippen molar-refractivity contribution in [2.24, 2.45) is 0 Å². The summed E-state index contributed by atoms with van der Waals surface area (Å²) < 4.78 is 0. The molecule has 0 fully saturated rings. The van der Waals surface area contributed by atoms with Gasteiger partial charge >= 0.3 is 0 Å². The van der Waals surface area contributed by atoms with Crippen LogP contribution in [0, 0.1) is 0 Å². The quantitative estimate of drug-likeness (QED) is 0.780. The Morgan fingerprint density at radius 2 is 1.24 bits per heavy atom. The van der Waals surface area contributed by atoms with Crippen molar-refractivity contribution in [2.75, 3.05) is 7.05 Å². The zero-order chi connectivity index (χ0) is 12.1. The minimum atomic E-state index is 1.18. The second-order valence-electron chi connectivity index (χ2n) is 3.98. The van der Waals surface area contributed by atoms with Gasteiger partial charge in [0.25, 0.3) is 0 Å². The molecule has 2 aromatic rings. The van der Waals surface area contributed by atoms with Gasteiger partial charge in [-0.05, 0) is 23.6 Å². The van der Waals surface area contributed by atoms with Gasteiger partial charge in [-0.25, -0.2) is 0 Å². The van der Waals surface area contributed by atoms with Crippen LogP contribution in [-0.2, 0) is 0 Å². The fraction of sp³-hybridized carbons (Fsp3) is 0.125. The van der Waals surface area contributed by atoms with E-state index in [4.69, 9.17) is 0 Å². The van der Waals surface area contributed by atoms with E-state index in [1.54, 1.807) is 0 Å². The molecule has 0 atom stereocenters. The van der Waals surface area contributed by atoms with Crippen LogP contribution in [0.2, 0.25) is 0 Å². The summed E-state index contributed by atoms with van der Waals surface area (Å²) in [6.45, 7) is 2.15. The molecule has 0 radical (unpaired) electrons. The van der Waals surface area contributed by atoms with E-state index in [9.17, 15) is 0 Å². The van der Waals surface area contributed by atoms with Crippen LogP contribution in [0.15, 0.2) is 60.7 Å². The number of allylic oxidation sites excluding steroid dienone is 1. The van der Waals surface area contributed by atoms with Crippen molar-refractivity contribution >= 4 is 11.3 Å². The SMILES string of the molecule is CN/C(=C(\C)c1ccccc1)c1ccccc1. The molecule has 0 aliphatic carbocycles. The van der Waals surface area contributed by atoms with Gasteiger partial charge in [0.1, 0.15) is 0 Å². The van der Waals surface area contributed by atoms with E-state index in [1.807, 2.05) is 19.2 Å². The van der Waals surface area contributed by atoms with Crippen LogP contribution >= 0.6 is 0 Å². The molecule has 2 aromatic carbocycles. The maximum Gasteiger partial charge on any atom is 0.0446 e. The van der Waals surface area contributed by atoms with Gasteiger partial charge in [0, 0.05) is 12.7 Å². The maximum atomic E-state index is 3.30. The summed E-state index contributed by atoms with van der Waals surface area (Å²) in [5.41, 5.74) is 4.91. The van der Waals surface area contributed by atoms with E-state index < -0.39 is 0 Å². The van der Waals surface area contributed by atoms with Crippen molar-refractivity contribution in [1.29, 1.82) is 0 Å². The molecule has 1 nitrogen and oxygen atoms in total. The first-order chi connectivity index (χ1) is 8.33. The highest BCUT2D eigenvalue weighted by Crippen LogP contribution is 2.23. The Hall–Kier alpha value is -2.02. The molecule has 1 N–H and O–H groups in total. The van der Waals surface area contributed by atoms with E-state index in [2.05, 4.69) is 60.8 Å². The van der Waals surface area contributed by atoms with Crippen LogP contribution in [0.4, 0.5) is 0 Å². The zero-order valence-electron chi connectivity index (χ0n) is 10.3. The highest BCUT2D eigenvalue weighted by molar-refractivity contribution is 5.88. The summed E-state index contributed by atoms with van der Waals surface area (Å²) in [7, 11) is 1.97. The Morgan fingerprint density at radius 3 is 1.71 bits per heavy atom. The Morgan fingerprint density at radius 1 is 0.765 bits per heavy atom. The molecular weight excluding hydrogens is 206 g/mol. The lowest BCUT2D eigenvalue weighted by Crippen LogP contribution is -2.06. The highest BCUT2D eigenvalue weighted by atomic mass is 14.8. The van der Waals surface area contributed by atoms with E-state index in [0.717, 1.165) is 0 Å². The minimum Gasteiger partial charge on any atom is -0.387 e. The normalized spacial score (nSPS) is 11.9. The lowest BCUT2D eigenvalue weighted by Gasteiger charge is -2.12. The van der Waals surface area contributed by atoms with Crippen molar-refractivity contribution < 1.29 is 0 Å². The number of hydrogen-bond acceptors (Lipinski definition) is 1. The van der Waals surface area contributed by atoms with Gasteiger partial charge in [-0.3, -0.25) is 0 Å². The molecule has 0 saturated carbocycles. The first-order valence-electron chi connectivity index (χ1n) is 5.82. The summed E-state index contributed by atoms with van der Waals surface area (Å²) in [4.78, 5) is 0. The first-order valence-corrected chi connectivity index (χ1v) is 5.82. The van der Waals surface area contributed by atoms with Gasteiger partial charge in [-0.1, -0.05) is 60.7 Å². The van der Waals surface area contributed by atoms with Crippen molar-refractivity contribution in [1.82, 2.24) is 5.32 Å². The standard InChI is InChI=1S/C16H17N/c1-13(14-9-5-3-6-10-14)16(17-2)15-11-7-4-8-12-15/h3-12,17H,1-2H3/b16-13+. The number of nitrogens with one attached hydrogen (secondary N) is 1. The van der Waals surface area contributed by atoms with Gasteiger partial charge < -0.3 is 5.32 Å². The fourth-order valence-corrected chi connectivity index (χ4v) is 1.99. The Bertz CT molecular complexity index is 498. The van der Waals surface area contributed by atoms with Crippen molar-refractivity contribution in [3.8, 4) is 0 Å². The Kier molecular flexibility index (Phi) is 3.61. The average Bonchev–Trinajstić information content (AvgIpc) is 2.42. The molecule has 0 saturated heterocycles. The van der Waals surface area contributed by atoms with Gasteiger partial charge in [0.05, 0.1) is 0 Å².